The van der Waals surface area contributed by atoms with Crippen molar-refractivity contribution in [3.8, 4) is 0 Å². The van der Waals surface area contributed by atoms with Gasteiger partial charge in [0.2, 0.25) is 5.91 Å². The number of rotatable bonds is 5. The summed E-state index contributed by atoms with van der Waals surface area (Å²) in [7, 11) is 0. The molecule has 0 aliphatic carbocycles. The van der Waals surface area contributed by atoms with Crippen molar-refractivity contribution < 1.29 is 4.79 Å². The van der Waals surface area contributed by atoms with Crippen LogP contribution < -0.4 is 11.1 Å². The van der Waals surface area contributed by atoms with Gasteiger partial charge in [0.25, 0.3) is 0 Å². The van der Waals surface area contributed by atoms with Crippen LogP contribution in [0.5, 0.6) is 0 Å². The number of nitrogens with one attached hydrogen (secondary N) is 1. The van der Waals surface area contributed by atoms with E-state index < -0.39 is 6.04 Å². The van der Waals surface area contributed by atoms with Crippen LogP contribution in [0.25, 0.3) is 0 Å². The van der Waals surface area contributed by atoms with Crippen LogP contribution in [-0.4, -0.2) is 21.5 Å². The second-order valence-electron chi connectivity index (χ2n) is 4.56. The maximum absolute atomic E-state index is 11.3. The zero-order chi connectivity index (χ0) is 13.7. The molecular weight excluding hydrogens is 240 g/mol. The van der Waals surface area contributed by atoms with E-state index in [4.69, 9.17) is 5.73 Å². The molecule has 0 saturated carbocycles. The Balaban J connectivity index is 1.89. The second-order valence-corrected chi connectivity index (χ2v) is 4.56. The Bertz CT molecular complexity index is 517. The molecule has 0 spiro atoms. The first-order valence-corrected chi connectivity index (χ1v) is 6.22. The van der Waals surface area contributed by atoms with Crippen LogP contribution in [0.15, 0.2) is 43.0 Å². The summed E-state index contributed by atoms with van der Waals surface area (Å²) in [6.45, 7) is 2.97. The Hall–Kier alpha value is -2.14. The van der Waals surface area contributed by atoms with E-state index in [-0.39, 0.29) is 5.91 Å². The predicted molar refractivity (Wildman–Crippen MR) is 73.3 cm³/mol. The zero-order valence-electron chi connectivity index (χ0n) is 10.9. The van der Waals surface area contributed by atoms with Gasteiger partial charge in [0.1, 0.15) is 0 Å². The van der Waals surface area contributed by atoms with Crippen LogP contribution in [0, 0.1) is 0 Å². The number of carbonyl (C=O) groups is 1. The first-order chi connectivity index (χ1) is 9.15. The number of amides is 1. The zero-order valence-corrected chi connectivity index (χ0v) is 10.9. The topological polar surface area (TPSA) is 72.9 Å². The molecule has 1 atom stereocenters. The number of benzene rings is 1. The molecule has 1 aromatic carbocycles. The smallest absolute Gasteiger partial charge is 0.236 e. The molecule has 5 nitrogen and oxygen atoms in total. The molecular formula is C14H18N4O. The minimum atomic E-state index is -0.472. The van der Waals surface area contributed by atoms with Crippen molar-refractivity contribution in [2.75, 3.05) is 0 Å². The third-order valence-electron chi connectivity index (χ3n) is 2.83. The quantitative estimate of drug-likeness (QED) is 0.836. The lowest BCUT2D eigenvalue weighted by Crippen LogP contribution is -2.37. The van der Waals surface area contributed by atoms with Gasteiger partial charge in [0, 0.05) is 25.5 Å². The number of hydrogen-bond acceptors (Lipinski definition) is 3. The molecule has 0 radical (unpaired) electrons. The molecule has 0 aliphatic rings. The Morgan fingerprint density at radius 1 is 1.37 bits per heavy atom. The van der Waals surface area contributed by atoms with Crippen molar-refractivity contribution in [1.29, 1.82) is 0 Å². The third-order valence-corrected chi connectivity index (χ3v) is 2.83. The van der Waals surface area contributed by atoms with Crippen LogP contribution in [0.4, 0.5) is 0 Å². The largest absolute Gasteiger partial charge is 0.351 e. The van der Waals surface area contributed by atoms with Crippen molar-refractivity contribution in [3.63, 3.8) is 0 Å². The minimum absolute atomic E-state index is 0.137. The van der Waals surface area contributed by atoms with E-state index in [1.807, 2.05) is 35.0 Å². The summed E-state index contributed by atoms with van der Waals surface area (Å²) in [6, 6.07) is 7.64. The molecule has 1 heterocycles. The Morgan fingerprint density at radius 2 is 2.05 bits per heavy atom. The highest BCUT2D eigenvalue weighted by molar-refractivity contribution is 5.80. The van der Waals surface area contributed by atoms with E-state index in [1.165, 1.54) is 5.56 Å². The standard InChI is InChI=1S/C14H18N4O/c1-11(15)14(19)17-8-12-2-4-13(5-3-12)9-18-7-6-16-10-18/h2-7,10-11H,8-9,15H2,1H3,(H,17,19)/t11-/m1/s1. The molecule has 2 aromatic rings. The molecule has 2 rings (SSSR count). The lowest BCUT2D eigenvalue weighted by Gasteiger charge is -2.08. The summed E-state index contributed by atoms with van der Waals surface area (Å²) in [5.74, 6) is -0.137. The molecule has 0 fully saturated rings. The average molecular weight is 258 g/mol. The van der Waals surface area contributed by atoms with E-state index in [0.717, 1.165) is 12.1 Å². The van der Waals surface area contributed by atoms with E-state index in [0.29, 0.717) is 6.54 Å². The molecule has 0 aliphatic heterocycles. The number of aromatic nitrogens is 2. The van der Waals surface area contributed by atoms with E-state index in [2.05, 4.69) is 10.3 Å². The van der Waals surface area contributed by atoms with Gasteiger partial charge in [-0.15, -0.1) is 0 Å². The molecule has 5 heteroatoms. The Kier molecular flexibility index (Phi) is 4.30. The molecule has 100 valence electrons. The highest BCUT2D eigenvalue weighted by atomic mass is 16.2. The van der Waals surface area contributed by atoms with E-state index in [9.17, 15) is 4.79 Å². The number of imidazole rings is 1. The molecule has 0 saturated heterocycles. The Morgan fingerprint density at radius 3 is 2.63 bits per heavy atom. The fraction of sp³-hybridized carbons (Fsp3) is 0.286. The van der Waals surface area contributed by atoms with Crippen LogP contribution in [0.2, 0.25) is 0 Å². The van der Waals surface area contributed by atoms with Crippen molar-refractivity contribution in [2.45, 2.75) is 26.1 Å². The average Bonchev–Trinajstić information content (AvgIpc) is 2.90. The minimum Gasteiger partial charge on any atom is -0.351 e. The van der Waals surface area contributed by atoms with Gasteiger partial charge in [-0.05, 0) is 18.1 Å². The number of carbonyl (C=O) groups excluding carboxylic acids is 1. The summed E-state index contributed by atoms with van der Waals surface area (Å²) >= 11 is 0. The van der Waals surface area contributed by atoms with Crippen molar-refractivity contribution in [1.82, 2.24) is 14.9 Å². The SMILES string of the molecule is C[C@@H](N)C(=O)NCc1ccc(Cn2ccnc2)cc1. The van der Waals surface area contributed by atoms with Gasteiger partial charge in [-0.1, -0.05) is 24.3 Å². The number of nitrogens with zero attached hydrogens (tertiary/aromatic N) is 2. The summed E-state index contributed by atoms with van der Waals surface area (Å²) in [4.78, 5) is 15.4. The van der Waals surface area contributed by atoms with Crippen LogP contribution in [-0.2, 0) is 17.9 Å². The molecule has 1 aromatic heterocycles. The molecule has 0 bridgehead atoms. The first kappa shape index (κ1) is 13.3. The van der Waals surface area contributed by atoms with Gasteiger partial charge in [0.15, 0.2) is 0 Å². The third kappa shape index (κ3) is 3.93. The summed E-state index contributed by atoms with van der Waals surface area (Å²) < 4.78 is 2.01. The van der Waals surface area contributed by atoms with E-state index >= 15 is 0 Å². The van der Waals surface area contributed by atoms with Crippen molar-refractivity contribution >= 4 is 5.91 Å². The Labute approximate surface area is 112 Å². The van der Waals surface area contributed by atoms with Crippen LogP contribution in [0.3, 0.4) is 0 Å². The monoisotopic (exact) mass is 258 g/mol. The van der Waals surface area contributed by atoms with Crippen molar-refractivity contribution in [2.24, 2.45) is 5.73 Å². The highest BCUT2D eigenvalue weighted by Gasteiger charge is 2.05. The summed E-state index contributed by atoms with van der Waals surface area (Å²) in [5.41, 5.74) is 7.73. The lowest BCUT2D eigenvalue weighted by molar-refractivity contribution is -0.122. The predicted octanol–water partition coefficient (Wildman–Crippen LogP) is 0.895. The maximum Gasteiger partial charge on any atom is 0.236 e. The van der Waals surface area contributed by atoms with E-state index in [1.54, 1.807) is 19.4 Å². The maximum atomic E-state index is 11.3. The van der Waals surface area contributed by atoms with Gasteiger partial charge in [0.05, 0.1) is 12.4 Å². The molecule has 19 heavy (non-hydrogen) atoms. The molecule has 3 N–H and O–H groups in total. The van der Waals surface area contributed by atoms with Crippen LogP contribution in [0.1, 0.15) is 18.1 Å². The molecule has 0 unspecified atom stereocenters. The fourth-order valence-corrected chi connectivity index (χ4v) is 1.70. The van der Waals surface area contributed by atoms with Crippen molar-refractivity contribution in [3.05, 3.63) is 54.1 Å². The van der Waals surface area contributed by atoms with Gasteiger partial charge in [-0.3, -0.25) is 4.79 Å². The summed E-state index contributed by atoms with van der Waals surface area (Å²) in [6.07, 6.45) is 5.48. The highest BCUT2D eigenvalue weighted by Crippen LogP contribution is 2.06. The number of nitrogens with two attached hydrogens (primary N) is 1. The normalized spacial score (nSPS) is 12.1. The van der Waals surface area contributed by atoms with Gasteiger partial charge >= 0.3 is 0 Å². The number of hydrogen-bond donors (Lipinski definition) is 2. The second kappa shape index (κ2) is 6.15. The first-order valence-electron chi connectivity index (χ1n) is 6.22. The molecule has 1 amide bonds. The van der Waals surface area contributed by atoms with Gasteiger partial charge in [-0.2, -0.15) is 0 Å². The van der Waals surface area contributed by atoms with Gasteiger partial charge < -0.3 is 15.6 Å². The fourth-order valence-electron chi connectivity index (χ4n) is 1.70. The summed E-state index contributed by atoms with van der Waals surface area (Å²) in [5, 5.41) is 2.78. The van der Waals surface area contributed by atoms with Gasteiger partial charge in [-0.25, -0.2) is 4.98 Å². The van der Waals surface area contributed by atoms with Crippen LogP contribution >= 0.6 is 0 Å². The lowest BCUT2D eigenvalue weighted by atomic mass is 10.1.